The first-order valence-electron chi connectivity index (χ1n) is 3.73. The van der Waals surface area contributed by atoms with Gasteiger partial charge in [-0.25, -0.2) is 13.8 Å². The second kappa shape index (κ2) is 3.80. The molecule has 14 heavy (non-hydrogen) atoms. The van der Waals surface area contributed by atoms with Gasteiger partial charge in [-0.05, 0) is 6.92 Å². The van der Waals surface area contributed by atoms with Crippen LogP contribution < -0.4 is 0 Å². The highest BCUT2D eigenvalue weighted by atomic mass is 19.1. The molecule has 0 radical (unpaired) electrons. The molecule has 0 spiro atoms. The van der Waals surface area contributed by atoms with Crippen molar-refractivity contribution in [2.75, 3.05) is 0 Å². The molecule has 0 N–H and O–H groups in total. The van der Waals surface area contributed by atoms with Crippen molar-refractivity contribution in [1.82, 2.24) is 4.98 Å². The molecule has 1 rings (SSSR count). The van der Waals surface area contributed by atoms with Gasteiger partial charge in [-0.2, -0.15) is 10.5 Å². The van der Waals surface area contributed by atoms with Crippen molar-refractivity contribution in [2.24, 2.45) is 0 Å². The fraction of sp³-hybridized carbons (Fsp3) is 0.222. The number of nitriles is 2. The van der Waals surface area contributed by atoms with E-state index < -0.39 is 29.3 Å². The molecule has 0 aromatic carbocycles. The molecule has 0 unspecified atom stereocenters. The van der Waals surface area contributed by atoms with E-state index in [0.29, 0.717) is 0 Å². The van der Waals surface area contributed by atoms with Crippen LogP contribution in [0, 0.1) is 41.2 Å². The molecule has 5 heteroatoms. The zero-order chi connectivity index (χ0) is 10.7. The lowest BCUT2D eigenvalue weighted by Gasteiger charge is -2.03. The SMILES string of the molecule is Cc1nc(C#N)c(F)c(CC#N)c1F. The first-order chi connectivity index (χ1) is 6.61. The Morgan fingerprint density at radius 1 is 1.29 bits per heavy atom. The van der Waals surface area contributed by atoms with Crippen molar-refractivity contribution in [3.8, 4) is 12.1 Å². The maximum absolute atomic E-state index is 13.2. The quantitative estimate of drug-likeness (QED) is 0.680. The Morgan fingerprint density at radius 2 is 1.93 bits per heavy atom. The van der Waals surface area contributed by atoms with Crippen molar-refractivity contribution in [2.45, 2.75) is 13.3 Å². The number of halogens is 2. The summed E-state index contributed by atoms with van der Waals surface area (Å²) in [7, 11) is 0. The van der Waals surface area contributed by atoms with Gasteiger partial charge < -0.3 is 0 Å². The summed E-state index contributed by atoms with van der Waals surface area (Å²) in [5.41, 5.74) is -0.945. The van der Waals surface area contributed by atoms with Crippen LogP contribution in [-0.4, -0.2) is 4.98 Å². The monoisotopic (exact) mass is 193 g/mol. The number of aromatic nitrogens is 1. The van der Waals surface area contributed by atoms with E-state index in [1.165, 1.54) is 13.0 Å². The molecule has 0 fully saturated rings. The fourth-order valence-corrected chi connectivity index (χ4v) is 1.03. The summed E-state index contributed by atoms with van der Waals surface area (Å²) in [6.07, 6.45) is -0.407. The topological polar surface area (TPSA) is 60.5 Å². The van der Waals surface area contributed by atoms with Crippen LogP contribution >= 0.6 is 0 Å². The third kappa shape index (κ3) is 1.53. The molecule has 0 aliphatic carbocycles. The molecule has 70 valence electrons. The highest BCUT2D eigenvalue weighted by molar-refractivity contribution is 5.33. The molecular formula is C9H5F2N3. The highest BCUT2D eigenvalue weighted by Crippen LogP contribution is 2.17. The molecule has 0 aliphatic heterocycles. The average molecular weight is 193 g/mol. The number of hydrogen-bond acceptors (Lipinski definition) is 3. The smallest absolute Gasteiger partial charge is 0.177 e. The van der Waals surface area contributed by atoms with Gasteiger partial charge in [0, 0.05) is 5.56 Å². The van der Waals surface area contributed by atoms with E-state index in [9.17, 15) is 8.78 Å². The molecule has 0 saturated heterocycles. The van der Waals surface area contributed by atoms with Gasteiger partial charge in [0.25, 0.3) is 0 Å². The lowest BCUT2D eigenvalue weighted by atomic mass is 10.1. The van der Waals surface area contributed by atoms with E-state index in [1.807, 2.05) is 0 Å². The van der Waals surface area contributed by atoms with Crippen molar-refractivity contribution in [1.29, 1.82) is 10.5 Å². The Morgan fingerprint density at radius 3 is 2.43 bits per heavy atom. The van der Waals surface area contributed by atoms with Gasteiger partial charge in [-0.1, -0.05) is 0 Å². The van der Waals surface area contributed by atoms with Crippen LogP contribution in [0.25, 0.3) is 0 Å². The number of pyridine rings is 1. The first kappa shape index (κ1) is 10.1. The van der Waals surface area contributed by atoms with Gasteiger partial charge in [0.05, 0.1) is 18.2 Å². The Labute approximate surface area is 79.2 Å². The van der Waals surface area contributed by atoms with E-state index in [2.05, 4.69) is 4.98 Å². The summed E-state index contributed by atoms with van der Waals surface area (Å²) in [4.78, 5) is 3.41. The summed E-state index contributed by atoms with van der Waals surface area (Å²) >= 11 is 0. The van der Waals surface area contributed by atoms with E-state index >= 15 is 0 Å². The third-order valence-corrected chi connectivity index (χ3v) is 1.70. The van der Waals surface area contributed by atoms with Crippen molar-refractivity contribution in [3.63, 3.8) is 0 Å². The fourth-order valence-electron chi connectivity index (χ4n) is 1.03. The van der Waals surface area contributed by atoms with Gasteiger partial charge in [-0.15, -0.1) is 0 Å². The van der Waals surface area contributed by atoms with E-state index in [-0.39, 0.29) is 5.69 Å². The second-order valence-corrected chi connectivity index (χ2v) is 2.60. The maximum atomic E-state index is 13.2. The standard InChI is InChI=1S/C9H5F2N3/c1-5-8(10)6(2-3-12)9(11)7(4-13)14-5/h2H2,1H3. The van der Waals surface area contributed by atoms with Crippen LogP contribution in [0.2, 0.25) is 0 Å². The number of rotatable bonds is 1. The summed E-state index contributed by atoms with van der Waals surface area (Å²) in [5.74, 6) is -1.90. The number of hydrogen-bond donors (Lipinski definition) is 0. The third-order valence-electron chi connectivity index (χ3n) is 1.70. The van der Waals surface area contributed by atoms with Crippen LogP contribution in [0.4, 0.5) is 8.78 Å². The van der Waals surface area contributed by atoms with Crippen molar-refractivity contribution in [3.05, 3.63) is 28.6 Å². The molecule has 0 saturated carbocycles. The molecule has 3 nitrogen and oxygen atoms in total. The van der Waals surface area contributed by atoms with E-state index in [4.69, 9.17) is 10.5 Å². The molecule has 0 atom stereocenters. The summed E-state index contributed by atoms with van der Waals surface area (Å²) < 4.78 is 26.4. The summed E-state index contributed by atoms with van der Waals surface area (Å²) in [6, 6.07) is 3.13. The molecular weight excluding hydrogens is 188 g/mol. The van der Waals surface area contributed by atoms with Gasteiger partial charge in [0.15, 0.2) is 17.3 Å². The molecule has 0 amide bonds. The van der Waals surface area contributed by atoms with E-state index in [0.717, 1.165) is 0 Å². The Kier molecular flexibility index (Phi) is 2.73. The van der Waals surface area contributed by atoms with Gasteiger partial charge in [-0.3, -0.25) is 0 Å². The minimum atomic E-state index is -1.04. The average Bonchev–Trinajstić information content (AvgIpc) is 2.18. The highest BCUT2D eigenvalue weighted by Gasteiger charge is 2.17. The molecule has 1 heterocycles. The minimum absolute atomic E-state index is 0.0757. The van der Waals surface area contributed by atoms with Gasteiger partial charge in [0.2, 0.25) is 0 Å². The van der Waals surface area contributed by atoms with Crippen LogP contribution in [-0.2, 0) is 6.42 Å². The molecule has 0 aliphatic rings. The number of aryl methyl sites for hydroxylation is 1. The maximum Gasteiger partial charge on any atom is 0.177 e. The Hall–Kier alpha value is -2.01. The summed E-state index contributed by atoms with van der Waals surface area (Å²) in [6.45, 7) is 1.32. The summed E-state index contributed by atoms with van der Waals surface area (Å²) in [5, 5.41) is 16.8. The van der Waals surface area contributed by atoms with Crippen LogP contribution in [0.5, 0.6) is 0 Å². The predicted octanol–water partition coefficient (Wildman–Crippen LogP) is 1.61. The second-order valence-electron chi connectivity index (χ2n) is 2.60. The predicted molar refractivity (Wildman–Crippen MR) is 42.9 cm³/mol. The molecule has 1 aromatic rings. The lowest BCUT2D eigenvalue weighted by Crippen LogP contribution is -2.04. The Balaban J connectivity index is 3.48. The van der Waals surface area contributed by atoms with Gasteiger partial charge in [0.1, 0.15) is 6.07 Å². The normalized spacial score (nSPS) is 9.21. The van der Waals surface area contributed by atoms with Crippen molar-refractivity contribution >= 4 is 0 Å². The zero-order valence-electron chi connectivity index (χ0n) is 7.30. The largest absolute Gasteiger partial charge is 0.236 e. The number of nitrogens with zero attached hydrogens (tertiary/aromatic N) is 3. The van der Waals surface area contributed by atoms with Crippen LogP contribution in [0.1, 0.15) is 17.0 Å². The zero-order valence-corrected chi connectivity index (χ0v) is 7.30. The van der Waals surface area contributed by atoms with Crippen molar-refractivity contribution < 1.29 is 8.78 Å². The lowest BCUT2D eigenvalue weighted by molar-refractivity contribution is 0.542. The van der Waals surface area contributed by atoms with Crippen LogP contribution in [0.15, 0.2) is 0 Å². The van der Waals surface area contributed by atoms with Gasteiger partial charge >= 0.3 is 0 Å². The molecule has 0 bridgehead atoms. The van der Waals surface area contributed by atoms with Crippen LogP contribution in [0.3, 0.4) is 0 Å². The van der Waals surface area contributed by atoms with E-state index in [1.54, 1.807) is 6.07 Å². The first-order valence-corrected chi connectivity index (χ1v) is 3.73. The molecule has 1 aromatic heterocycles. The Bertz CT molecular complexity index is 455. The minimum Gasteiger partial charge on any atom is -0.236 e.